The molecule has 0 spiro atoms. The predicted octanol–water partition coefficient (Wildman–Crippen LogP) is -1.15. The van der Waals surface area contributed by atoms with Crippen molar-refractivity contribution >= 4 is 40.7 Å². The average molecular weight is 375 g/mol. The number of quaternary nitrogens is 2. The Morgan fingerprint density at radius 1 is 1.12 bits per heavy atom. The van der Waals surface area contributed by atoms with Gasteiger partial charge in [0.25, 0.3) is 11.8 Å². The molecule has 1 aliphatic heterocycles. The molecule has 0 bridgehead atoms. The smallest absolute Gasteiger partial charge is 0.282 e. The summed E-state index contributed by atoms with van der Waals surface area (Å²) in [5.41, 5.74) is 0.604. The number of likely N-dealkylation sites (N-methyl/N-ethyl adjacent to an activating group) is 1. The minimum Gasteiger partial charge on any atom is -0.354 e. The van der Waals surface area contributed by atoms with Gasteiger partial charge < -0.3 is 20.4 Å². The van der Waals surface area contributed by atoms with E-state index in [-0.39, 0.29) is 17.9 Å². The maximum Gasteiger partial charge on any atom is 0.282 e. The molecule has 1 saturated heterocycles. The molecule has 1 aliphatic rings. The number of hydrogen-bond donors (Lipinski definition) is 4. The molecule has 24 heavy (non-hydrogen) atoms. The van der Waals surface area contributed by atoms with Crippen molar-refractivity contribution in [2.75, 3.05) is 45.1 Å². The van der Waals surface area contributed by atoms with E-state index in [0.717, 1.165) is 26.2 Å². The molecule has 1 aromatic carbocycles. The van der Waals surface area contributed by atoms with E-state index in [1.54, 1.807) is 25.2 Å². The van der Waals surface area contributed by atoms with E-state index in [1.807, 2.05) is 6.92 Å². The molecular formula is C16H24Cl2N4O2+2. The highest BCUT2D eigenvalue weighted by molar-refractivity contribution is 6.35. The molecule has 0 saturated carbocycles. The summed E-state index contributed by atoms with van der Waals surface area (Å²) in [6, 6.07) is 4.81. The van der Waals surface area contributed by atoms with E-state index in [1.165, 1.54) is 9.80 Å². The Bertz CT molecular complexity index is 583. The predicted molar refractivity (Wildman–Crippen MR) is 94.9 cm³/mol. The molecule has 1 atom stereocenters. The maximum atomic E-state index is 12.5. The van der Waals surface area contributed by atoms with Crippen LogP contribution in [-0.4, -0.2) is 57.6 Å². The SMILES string of the molecule is CNC(=O)C[NH+]1CC[NH+]([C@H](C)C(=O)Nc2cc(Cl)cc(Cl)c2)CC1. The lowest BCUT2D eigenvalue weighted by atomic mass is 10.2. The van der Waals surface area contributed by atoms with Crippen molar-refractivity contribution in [1.82, 2.24) is 5.32 Å². The van der Waals surface area contributed by atoms with Crippen LogP contribution < -0.4 is 20.4 Å². The fourth-order valence-corrected chi connectivity index (χ4v) is 3.44. The van der Waals surface area contributed by atoms with Crippen molar-refractivity contribution in [2.45, 2.75) is 13.0 Å². The molecule has 0 aliphatic carbocycles. The summed E-state index contributed by atoms with van der Waals surface area (Å²) < 4.78 is 0. The fourth-order valence-electron chi connectivity index (χ4n) is 2.91. The monoisotopic (exact) mass is 374 g/mol. The van der Waals surface area contributed by atoms with Gasteiger partial charge >= 0.3 is 0 Å². The van der Waals surface area contributed by atoms with Crippen molar-refractivity contribution in [2.24, 2.45) is 0 Å². The van der Waals surface area contributed by atoms with E-state index < -0.39 is 0 Å². The first-order chi connectivity index (χ1) is 11.4. The quantitative estimate of drug-likeness (QED) is 0.525. The normalized spacial score (nSPS) is 21.8. The number of halogens is 2. The molecular weight excluding hydrogens is 351 g/mol. The third kappa shape index (κ3) is 5.34. The highest BCUT2D eigenvalue weighted by atomic mass is 35.5. The van der Waals surface area contributed by atoms with Crippen LogP contribution in [0, 0.1) is 0 Å². The molecule has 2 amide bonds. The van der Waals surface area contributed by atoms with Crippen LogP contribution in [0.4, 0.5) is 5.69 Å². The molecule has 132 valence electrons. The molecule has 8 heteroatoms. The lowest BCUT2D eigenvalue weighted by Crippen LogP contribution is -3.30. The maximum absolute atomic E-state index is 12.5. The van der Waals surface area contributed by atoms with Gasteiger partial charge in [-0.05, 0) is 25.1 Å². The van der Waals surface area contributed by atoms with Crippen molar-refractivity contribution in [3.8, 4) is 0 Å². The summed E-state index contributed by atoms with van der Waals surface area (Å²) in [6.07, 6.45) is 0. The molecule has 4 N–H and O–H groups in total. The molecule has 1 fully saturated rings. The number of carbonyl (C=O) groups excluding carboxylic acids is 2. The van der Waals surface area contributed by atoms with Crippen LogP contribution in [0.5, 0.6) is 0 Å². The summed E-state index contributed by atoms with van der Waals surface area (Å²) in [4.78, 5) is 26.4. The van der Waals surface area contributed by atoms with Gasteiger partial charge in [-0.1, -0.05) is 23.2 Å². The number of nitrogens with one attached hydrogen (secondary N) is 4. The standard InChI is InChI=1S/C16H22Cl2N4O2/c1-11(16(24)20-14-8-12(17)7-13(18)9-14)22-5-3-21(4-6-22)10-15(23)19-2/h7-9,11H,3-6,10H2,1-2H3,(H,19,23)(H,20,24)/p+2/t11-/m1/s1. The van der Waals surface area contributed by atoms with Crippen LogP contribution in [0.1, 0.15) is 6.92 Å². The number of hydrogen-bond acceptors (Lipinski definition) is 2. The Balaban J connectivity index is 1.86. The number of amides is 2. The average Bonchev–Trinajstić information content (AvgIpc) is 2.53. The number of benzene rings is 1. The van der Waals surface area contributed by atoms with Crippen molar-refractivity contribution < 1.29 is 19.4 Å². The first-order valence-corrected chi connectivity index (χ1v) is 8.80. The number of piperazine rings is 1. The first-order valence-electron chi connectivity index (χ1n) is 8.04. The molecule has 1 heterocycles. The van der Waals surface area contributed by atoms with Crippen LogP contribution in [0.2, 0.25) is 10.0 Å². The highest BCUT2D eigenvalue weighted by Crippen LogP contribution is 2.22. The van der Waals surface area contributed by atoms with Crippen LogP contribution >= 0.6 is 23.2 Å². The largest absolute Gasteiger partial charge is 0.354 e. The van der Waals surface area contributed by atoms with Gasteiger partial charge in [-0.2, -0.15) is 0 Å². The zero-order valence-electron chi connectivity index (χ0n) is 13.9. The minimum absolute atomic E-state index is 0.0528. The number of carbonyl (C=O) groups is 2. The first kappa shape index (κ1) is 19.0. The van der Waals surface area contributed by atoms with Crippen molar-refractivity contribution in [3.05, 3.63) is 28.2 Å². The third-order valence-electron chi connectivity index (χ3n) is 4.42. The van der Waals surface area contributed by atoms with Gasteiger partial charge in [0, 0.05) is 22.8 Å². The number of rotatable bonds is 5. The Hall–Kier alpha value is -1.34. The van der Waals surface area contributed by atoms with Crippen LogP contribution in [0.25, 0.3) is 0 Å². The van der Waals surface area contributed by atoms with Crippen molar-refractivity contribution in [1.29, 1.82) is 0 Å². The molecule has 0 unspecified atom stereocenters. The second kappa shape index (κ2) is 8.67. The van der Waals surface area contributed by atoms with Gasteiger partial charge in [0.05, 0.1) is 0 Å². The second-order valence-corrected chi connectivity index (χ2v) is 7.00. The lowest BCUT2D eigenvalue weighted by Gasteiger charge is -2.32. The zero-order chi connectivity index (χ0) is 17.7. The van der Waals surface area contributed by atoms with E-state index in [4.69, 9.17) is 23.2 Å². The van der Waals surface area contributed by atoms with Crippen LogP contribution in [-0.2, 0) is 9.59 Å². The number of anilines is 1. The Morgan fingerprint density at radius 2 is 1.71 bits per heavy atom. The van der Waals surface area contributed by atoms with Gasteiger partial charge in [-0.3, -0.25) is 9.59 Å². The van der Waals surface area contributed by atoms with E-state index >= 15 is 0 Å². The summed E-state index contributed by atoms with van der Waals surface area (Å²) in [6.45, 7) is 5.88. The van der Waals surface area contributed by atoms with Crippen LogP contribution in [0.15, 0.2) is 18.2 Å². The van der Waals surface area contributed by atoms with E-state index in [0.29, 0.717) is 22.3 Å². The highest BCUT2D eigenvalue weighted by Gasteiger charge is 2.31. The molecule has 6 nitrogen and oxygen atoms in total. The van der Waals surface area contributed by atoms with Crippen LogP contribution in [0.3, 0.4) is 0 Å². The van der Waals surface area contributed by atoms with Gasteiger partial charge in [0.2, 0.25) is 0 Å². The molecule has 2 rings (SSSR count). The summed E-state index contributed by atoms with van der Waals surface area (Å²) in [5.74, 6) is -0.00448. The Morgan fingerprint density at radius 3 is 2.25 bits per heavy atom. The topological polar surface area (TPSA) is 67.1 Å². The van der Waals surface area contributed by atoms with Gasteiger partial charge in [0.15, 0.2) is 12.6 Å². The van der Waals surface area contributed by atoms with Crippen molar-refractivity contribution in [3.63, 3.8) is 0 Å². The lowest BCUT2D eigenvalue weighted by molar-refractivity contribution is -1.01. The minimum atomic E-state index is -0.177. The molecule has 1 aromatic rings. The Kier molecular flexibility index (Phi) is 6.86. The van der Waals surface area contributed by atoms with Gasteiger partial charge in [0.1, 0.15) is 26.2 Å². The third-order valence-corrected chi connectivity index (χ3v) is 4.86. The van der Waals surface area contributed by atoms with Gasteiger partial charge in [-0.25, -0.2) is 0 Å². The van der Waals surface area contributed by atoms with E-state index in [9.17, 15) is 9.59 Å². The summed E-state index contributed by atoms with van der Waals surface area (Å²) >= 11 is 11.9. The molecule has 0 aromatic heterocycles. The Labute approximate surface area is 152 Å². The fraction of sp³-hybridized carbons (Fsp3) is 0.500. The van der Waals surface area contributed by atoms with Gasteiger partial charge in [-0.15, -0.1) is 0 Å². The summed E-state index contributed by atoms with van der Waals surface area (Å²) in [7, 11) is 1.65. The zero-order valence-corrected chi connectivity index (χ0v) is 15.4. The summed E-state index contributed by atoms with van der Waals surface area (Å²) in [5, 5.41) is 6.50. The molecule has 0 radical (unpaired) electrons. The second-order valence-electron chi connectivity index (χ2n) is 6.13. The van der Waals surface area contributed by atoms with E-state index in [2.05, 4.69) is 10.6 Å².